The van der Waals surface area contributed by atoms with Gasteiger partial charge in [0.15, 0.2) is 0 Å². The predicted molar refractivity (Wildman–Crippen MR) is 73.5 cm³/mol. The number of rotatable bonds is 0. The summed E-state index contributed by atoms with van der Waals surface area (Å²) in [6, 6.07) is 0. The quantitative estimate of drug-likeness (QED) is 0.728. The molecule has 0 aromatic rings. The second kappa shape index (κ2) is 4.58. The van der Waals surface area contributed by atoms with E-state index in [-0.39, 0.29) is 6.10 Å². The van der Waals surface area contributed by atoms with Gasteiger partial charge in [0, 0.05) is 12.8 Å². The van der Waals surface area contributed by atoms with Crippen LogP contribution in [0.1, 0.15) is 57.8 Å². The fraction of sp³-hybridized carbons (Fsp3) is 0.941. The van der Waals surface area contributed by atoms with Crippen molar-refractivity contribution in [3.63, 3.8) is 0 Å². The molecule has 106 valence electrons. The van der Waals surface area contributed by atoms with Crippen molar-refractivity contribution in [3.8, 4) is 0 Å². The first kappa shape index (κ1) is 12.4. The Hall–Kier alpha value is -0.370. The van der Waals surface area contributed by atoms with Gasteiger partial charge in [0.05, 0.1) is 6.10 Å². The third-order valence-electron chi connectivity index (χ3n) is 6.96. The highest BCUT2D eigenvalue weighted by atomic mass is 16.3. The van der Waals surface area contributed by atoms with Crippen LogP contribution in [0.3, 0.4) is 0 Å². The van der Waals surface area contributed by atoms with Crippen molar-refractivity contribution in [2.45, 2.75) is 63.9 Å². The van der Waals surface area contributed by atoms with Gasteiger partial charge in [0.25, 0.3) is 0 Å². The third-order valence-corrected chi connectivity index (χ3v) is 6.96. The Labute approximate surface area is 116 Å². The molecule has 4 rings (SSSR count). The Morgan fingerprint density at radius 2 is 1.42 bits per heavy atom. The number of carbonyl (C=O) groups is 1. The second-order valence-corrected chi connectivity index (χ2v) is 7.74. The minimum Gasteiger partial charge on any atom is -0.393 e. The topological polar surface area (TPSA) is 37.3 Å². The molecule has 0 aromatic heterocycles. The Morgan fingerprint density at radius 3 is 2.26 bits per heavy atom. The van der Waals surface area contributed by atoms with Crippen molar-refractivity contribution in [1.82, 2.24) is 0 Å². The summed E-state index contributed by atoms with van der Waals surface area (Å²) >= 11 is 0. The van der Waals surface area contributed by atoms with Crippen LogP contribution < -0.4 is 0 Å². The normalized spacial score (nSPS) is 53.3. The van der Waals surface area contributed by atoms with Crippen molar-refractivity contribution in [2.75, 3.05) is 0 Å². The molecule has 0 bridgehead atoms. The van der Waals surface area contributed by atoms with E-state index in [0.717, 1.165) is 61.2 Å². The first-order chi connectivity index (χ1) is 9.22. The van der Waals surface area contributed by atoms with Crippen LogP contribution in [0.15, 0.2) is 0 Å². The van der Waals surface area contributed by atoms with E-state index in [1.165, 1.54) is 32.1 Å². The predicted octanol–water partition coefficient (Wildman–Crippen LogP) is 3.18. The average molecular weight is 262 g/mol. The van der Waals surface area contributed by atoms with Gasteiger partial charge in [0.2, 0.25) is 0 Å². The lowest BCUT2D eigenvalue weighted by Gasteiger charge is -2.52. The maximum absolute atomic E-state index is 11.8. The van der Waals surface area contributed by atoms with Crippen molar-refractivity contribution >= 4 is 5.78 Å². The van der Waals surface area contributed by atoms with Gasteiger partial charge in [-0.15, -0.1) is 0 Å². The van der Waals surface area contributed by atoms with Crippen LogP contribution in [0.5, 0.6) is 0 Å². The van der Waals surface area contributed by atoms with E-state index in [1.807, 2.05) is 0 Å². The number of carbonyl (C=O) groups excluding carboxylic acids is 1. The Kier molecular flexibility index (Phi) is 2.98. The summed E-state index contributed by atoms with van der Waals surface area (Å²) in [6.45, 7) is 0. The molecule has 0 aliphatic heterocycles. The van der Waals surface area contributed by atoms with Crippen LogP contribution in [0.4, 0.5) is 0 Å². The number of aliphatic hydroxyl groups is 1. The lowest BCUT2D eigenvalue weighted by molar-refractivity contribution is -0.117. The molecular formula is C17H26O2. The molecule has 0 aromatic carbocycles. The molecule has 4 saturated carbocycles. The molecule has 1 N–H and O–H groups in total. The van der Waals surface area contributed by atoms with Crippen LogP contribution in [0.2, 0.25) is 0 Å². The minimum absolute atomic E-state index is 0.0257. The lowest BCUT2D eigenvalue weighted by atomic mass is 9.53. The Bertz CT molecular complexity index is 377. The van der Waals surface area contributed by atoms with Crippen molar-refractivity contribution in [2.24, 2.45) is 35.5 Å². The maximum atomic E-state index is 11.8. The van der Waals surface area contributed by atoms with Crippen LogP contribution in [-0.2, 0) is 4.79 Å². The fourth-order valence-corrected chi connectivity index (χ4v) is 6.24. The fourth-order valence-electron chi connectivity index (χ4n) is 6.24. The third kappa shape index (κ3) is 1.98. The molecule has 0 spiro atoms. The van der Waals surface area contributed by atoms with Crippen molar-refractivity contribution in [3.05, 3.63) is 0 Å². The molecule has 0 amide bonds. The summed E-state index contributed by atoms with van der Waals surface area (Å²) in [5, 5.41) is 9.88. The number of Topliss-reactive ketones (excluding diaryl/α,β-unsaturated/α-hetero) is 1. The first-order valence-corrected chi connectivity index (χ1v) is 8.42. The van der Waals surface area contributed by atoms with E-state index >= 15 is 0 Å². The highest BCUT2D eigenvalue weighted by molar-refractivity contribution is 5.81. The maximum Gasteiger partial charge on any atom is 0.133 e. The Balaban J connectivity index is 1.54. The molecule has 0 radical (unpaired) electrons. The van der Waals surface area contributed by atoms with E-state index in [2.05, 4.69) is 0 Å². The molecule has 4 unspecified atom stereocenters. The molecular weight excluding hydrogens is 236 g/mol. The van der Waals surface area contributed by atoms with Gasteiger partial charge in [-0.2, -0.15) is 0 Å². The molecule has 2 heteroatoms. The number of fused-ring (bicyclic) bond motifs is 5. The molecule has 2 nitrogen and oxygen atoms in total. The van der Waals surface area contributed by atoms with Crippen molar-refractivity contribution < 1.29 is 9.90 Å². The zero-order valence-corrected chi connectivity index (χ0v) is 11.8. The van der Waals surface area contributed by atoms with E-state index in [4.69, 9.17) is 0 Å². The summed E-state index contributed by atoms with van der Waals surface area (Å²) in [6.07, 6.45) is 10.4. The monoisotopic (exact) mass is 262 g/mol. The minimum atomic E-state index is -0.0257. The number of aliphatic hydroxyl groups excluding tert-OH is 1. The van der Waals surface area contributed by atoms with Gasteiger partial charge in [0.1, 0.15) is 5.78 Å². The number of hydrogen-bond acceptors (Lipinski definition) is 2. The molecule has 19 heavy (non-hydrogen) atoms. The largest absolute Gasteiger partial charge is 0.393 e. The van der Waals surface area contributed by atoms with Gasteiger partial charge in [-0.3, -0.25) is 4.79 Å². The number of hydrogen-bond donors (Lipinski definition) is 1. The summed E-state index contributed by atoms with van der Waals surface area (Å²) < 4.78 is 0. The molecule has 4 aliphatic carbocycles. The zero-order valence-electron chi connectivity index (χ0n) is 11.8. The summed E-state index contributed by atoms with van der Waals surface area (Å²) in [7, 11) is 0. The lowest BCUT2D eigenvalue weighted by Crippen LogP contribution is -2.45. The standard InChI is InChI=1S/C17H26O2/c18-12-3-6-14-10(7-12)1-5-16-15(14)4-2-11-8-13(19)9-17(11)16/h10-12,14-18H,1-9H2/t10-,11?,12+,14?,15+,16?,17?/m1/s1. The molecule has 4 fully saturated rings. The van der Waals surface area contributed by atoms with E-state index < -0.39 is 0 Å². The SMILES string of the molecule is O=C1CC2CC[C@@H]3C(CC[C@@H]4C[C@@H](O)CCC43)C2C1. The molecule has 0 saturated heterocycles. The Morgan fingerprint density at radius 1 is 0.737 bits per heavy atom. The van der Waals surface area contributed by atoms with E-state index in [1.54, 1.807) is 0 Å². The highest BCUT2D eigenvalue weighted by Crippen LogP contribution is 2.57. The van der Waals surface area contributed by atoms with Gasteiger partial charge in [-0.25, -0.2) is 0 Å². The van der Waals surface area contributed by atoms with Crippen molar-refractivity contribution in [1.29, 1.82) is 0 Å². The van der Waals surface area contributed by atoms with Gasteiger partial charge >= 0.3 is 0 Å². The smallest absolute Gasteiger partial charge is 0.133 e. The summed E-state index contributed by atoms with van der Waals surface area (Å²) in [4.78, 5) is 11.8. The van der Waals surface area contributed by atoms with Gasteiger partial charge in [-0.1, -0.05) is 0 Å². The van der Waals surface area contributed by atoms with Gasteiger partial charge < -0.3 is 5.11 Å². The van der Waals surface area contributed by atoms with Crippen LogP contribution in [-0.4, -0.2) is 17.0 Å². The van der Waals surface area contributed by atoms with Gasteiger partial charge in [-0.05, 0) is 80.5 Å². The zero-order chi connectivity index (χ0) is 13.0. The molecule has 4 aliphatic rings. The van der Waals surface area contributed by atoms with E-state index in [9.17, 15) is 9.90 Å². The summed E-state index contributed by atoms with van der Waals surface area (Å²) in [5.41, 5.74) is 0. The second-order valence-electron chi connectivity index (χ2n) is 7.74. The highest BCUT2D eigenvalue weighted by Gasteiger charge is 2.50. The van der Waals surface area contributed by atoms with Crippen LogP contribution in [0, 0.1) is 35.5 Å². The van der Waals surface area contributed by atoms with E-state index in [0.29, 0.717) is 5.78 Å². The molecule has 7 atom stereocenters. The van der Waals surface area contributed by atoms with Crippen LogP contribution >= 0.6 is 0 Å². The first-order valence-electron chi connectivity index (χ1n) is 8.42. The number of ketones is 1. The average Bonchev–Trinajstić information content (AvgIpc) is 2.78. The molecule has 0 heterocycles. The summed E-state index contributed by atoms with van der Waals surface area (Å²) in [5.74, 6) is 5.41. The van der Waals surface area contributed by atoms with Crippen LogP contribution in [0.25, 0.3) is 0 Å².